The number of aromatic nitrogens is 1. The lowest BCUT2D eigenvalue weighted by Gasteiger charge is -2.37. The number of anilines is 2. The molecule has 0 atom stereocenters. The van der Waals surface area contributed by atoms with Crippen molar-refractivity contribution in [2.24, 2.45) is 4.99 Å². The number of aliphatic imine (C=N–C) groups is 1. The lowest BCUT2D eigenvalue weighted by Crippen LogP contribution is -2.49. The number of nitrogens with zero attached hydrogens (tertiary/aromatic N) is 4. The second kappa shape index (κ2) is 9.27. The Labute approximate surface area is 194 Å². The molecule has 164 valence electrons. The minimum absolute atomic E-state index is 0.611. The molecule has 1 saturated heterocycles. The molecule has 1 aromatic carbocycles. The van der Waals surface area contributed by atoms with Gasteiger partial charge in [-0.2, -0.15) is 11.3 Å². The zero-order valence-electron chi connectivity index (χ0n) is 18.7. The van der Waals surface area contributed by atoms with Crippen LogP contribution in [-0.4, -0.2) is 54.9 Å². The van der Waals surface area contributed by atoms with Gasteiger partial charge in [0.25, 0.3) is 0 Å². The Morgan fingerprint density at radius 2 is 1.91 bits per heavy atom. The highest BCUT2D eigenvalue weighted by molar-refractivity contribution is 7.08. The monoisotopic (exact) mass is 443 g/mol. The van der Waals surface area contributed by atoms with Crippen LogP contribution in [0.2, 0.25) is 0 Å². The van der Waals surface area contributed by atoms with Crippen LogP contribution in [0.15, 0.2) is 64.5 Å². The highest BCUT2D eigenvalue weighted by Gasteiger charge is 2.19. The van der Waals surface area contributed by atoms with Crippen LogP contribution in [0.3, 0.4) is 0 Å². The summed E-state index contributed by atoms with van der Waals surface area (Å²) in [5.74, 6) is 1.06. The van der Waals surface area contributed by atoms with E-state index in [2.05, 4.69) is 87.3 Å². The van der Waals surface area contributed by atoms with Crippen LogP contribution < -0.4 is 10.2 Å². The number of fused-ring (bicyclic) bond motifs is 1. The Bertz CT molecular complexity index is 1110. The molecule has 5 rings (SSSR count). The summed E-state index contributed by atoms with van der Waals surface area (Å²) in [6, 6.07) is 13.6. The topological polar surface area (TPSA) is 43.8 Å². The molecule has 0 saturated carbocycles. The first-order valence-corrected chi connectivity index (χ1v) is 12.2. The average Bonchev–Trinajstić information content (AvgIpc) is 3.38. The maximum absolute atomic E-state index is 4.72. The van der Waals surface area contributed by atoms with Crippen LogP contribution in [-0.2, 0) is 0 Å². The molecule has 0 unspecified atom stereocenters. The van der Waals surface area contributed by atoms with Gasteiger partial charge in [-0.3, -0.25) is 9.89 Å². The molecule has 2 aliphatic rings. The average molecular weight is 444 g/mol. The summed E-state index contributed by atoms with van der Waals surface area (Å²) in [7, 11) is 0. The van der Waals surface area contributed by atoms with E-state index in [9.17, 15) is 0 Å². The predicted molar refractivity (Wildman–Crippen MR) is 137 cm³/mol. The van der Waals surface area contributed by atoms with Crippen molar-refractivity contribution >= 4 is 34.6 Å². The van der Waals surface area contributed by atoms with Gasteiger partial charge < -0.3 is 10.2 Å². The molecule has 6 heteroatoms. The zero-order valence-corrected chi connectivity index (χ0v) is 19.5. The van der Waals surface area contributed by atoms with E-state index in [1.165, 1.54) is 22.3 Å². The summed E-state index contributed by atoms with van der Waals surface area (Å²) in [5.41, 5.74) is 7.10. The number of hydrogen-bond donors (Lipinski definition) is 1. The summed E-state index contributed by atoms with van der Waals surface area (Å²) in [6.07, 6.45) is 5.97. The summed E-state index contributed by atoms with van der Waals surface area (Å²) in [5, 5.41) is 7.75. The number of thiophene rings is 1. The van der Waals surface area contributed by atoms with Gasteiger partial charge in [-0.15, -0.1) is 0 Å². The molecule has 2 aliphatic heterocycles. The van der Waals surface area contributed by atoms with Crippen LogP contribution in [0.25, 0.3) is 16.7 Å². The lowest BCUT2D eigenvalue weighted by atomic mass is 9.94. The number of piperazine rings is 1. The molecular weight excluding hydrogens is 414 g/mol. The quantitative estimate of drug-likeness (QED) is 0.587. The molecule has 1 fully saturated rings. The maximum Gasteiger partial charge on any atom is 0.128 e. The van der Waals surface area contributed by atoms with Gasteiger partial charge >= 0.3 is 0 Å². The highest BCUT2D eigenvalue weighted by Crippen LogP contribution is 2.30. The third-order valence-corrected chi connectivity index (χ3v) is 6.96. The first-order chi connectivity index (χ1) is 15.7. The third-order valence-electron chi connectivity index (χ3n) is 6.28. The molecule has 3 aromatic rings. The smallest absolute Gasteiger partial charge is 0.128 e. The van der Waals surface area contributed by atoms with Gasteiger partial charge in [0.1, 0.15) is 5.82 Å². The SMILES string of the molecule is CC(C)N1CCN(c2ccc(N/C=C3\CN=Cc4ccc(-c5ccsc5)cc43)cn2)CC1. The van der Waals surface area contributed by atoms with Gasteiger partial charge in [-0.1, -0.05) is 12.1 Å². The molecule has 4 heterocycles. The van der Waals surface area contributed by atoms with Gasteiger partial charge in [0.15, 0.2) is 0 Å². The fourth-order valence-electron chi connectivity index (χ4n) is 4.30. The minimum atomic E-state index is 0.611. The van der Waals surface area contributed by atoms with Crippen LogP contribution in [0.5, 0.6) is 0 Å². The van der Waals surface area contributed by atoms with Crippen LogP contribution >= 0.6 is 11.3 Å². The zero-order chi connectivity index (χ0) is 21.9. The first-order valence-electron chi connectivity index (χ1n) is 11.2. The Kier molecular flexibility index (Phi) is 6.06. The van der Waals surface area contributed by atoms with Crippen LogP contribution in [0.1, 0.15) is 25.0 Å². The standard InChI is InChI=1S/C26H29N5S/c1-19(2)30-8-10-31(11-9-30)26-6-5-24(17-29-26)28-16-23-15-27-14-21-4-3-20(13-25(21)23)22-7-12-32-18-22/h3-7,12-14,16-19,28H,8-11,15H2,1-2H3/b23-16+. The highest BCUT2D eigenvalue weighted by atomic mass is 32.1. The van der Waals surface area contributed by atoms with E-state index in [0.29, 0.717) is 12.6 Å². The molecule has 0 bridgehead atoms. The van der Waals surface area contributed by atoms with E-state index >= 15 is 0 Å². The molecule has 0 aliphatic carbocycles. The Hall–Kier alpha value is -2.96. The largest absolute Gasteiger partial charge is 0.360 e. The summed E-state index contributed by atoms with van der Waals surface area (Å²) < 4.78 is 0. The van der Waals surface area contributed by atoms with Gasteiger partial charge in [0.05, 0.1) is 18.4 Å². The molecule has 0 amide bonds. The van der Waals surface area contributed by atoms with Crippen molar-refractivity contribution in [1.82, 2.24) is 9.88 Å². The van der Waals surface area contributed by atoms with Gasteiger partial charge in [0.2, 0.25) is 0 Å². The van der Waals surface area contributed by atoms with Crippen LogP contribution in [0, 0.1) is 0 Å². The van der Waals surface area contributed by atoms with Crippen molar-refractivity contribution in [1.29, 1.82) is 0 Å². The molecule has 0 spiro atoms. The van der Waals surface area contributed by atoms with E-state index in [0.717, 1.165) is 43.2 Å². The lowest BCUT2D eigenvalue weighted by molar-refractivity contribution is 0.209. The van der Waals surface area contributed by atoms with E-state index in [1.807, 2.05) is 12.4 Å². The Balaban J connectivity index is 1.28. The van der Waals surface area contributed by atoms with Crippen LogP contribution in [0.4, 0.5) is 11.5 Å². The van der Waals surface area contributed by atoms with Gasteiger partial charge in [-0.25, -0.2) is 4.98 Å². The van der Waals surface area contributed by atoms with E-state index < -0.39 is 0 Å². The molecule has 1 N–H and O–H groups in total. The minimum Gasteiger partial charge on any atom is -0.360 e. The molecule has 2 aromatic heterocycles. The van der Waals surface area contributed by atoms with Crippen molar-refractivity contribution in [2.45, 2.75) is 19.9 Å². The van der Waals surface area contributed by atoms with Gasteiger partial charge in [-0.05, 0) is 76.7 Å². The second-order valence-electron chi connectivity index (χ2n) is 8.62. The van der Waals surface area contributed by atoms with E-state index in [1.54, 1.807) is 11.3 Å². The number of hydrogen-bond acceptors (Lipinski definition) is 6. The van der Waals surface area contributed by atoms with Crippen molar-refractivity contribution < 1.29 is 0 Å². The summed E-state index contributed by atoms with van der Waals surface area (Å²) in [4.78, 5) is 14.2. The molecule has 32 heavy (non-hydrogen) atoms. The van der Waals surface area contributed by atoms with Crippen molar-refractivity contribution in [2.75, 3.05) is 42.9 Å². The fraction of sp³-hybridized carbons (Fsp3) is 0.308. The first kappa shape index (κ1) is 20.9. The maximum atomic E-state index is 4.72. The predicted octanol–water partition coefficient (Wildman–Crippen LogP) is 5.23. The Morgan fingerprint density at radius 3 is 2.62 bits per heavy atom. The van der Waals surface area contributed by atoms with Crippen molar-refractivity contribution in [3.05, 3.63) is 70.7 Å². The molecule has 0 radical (unpaired) electrons. The third kappa shape index (κ3) is 4.47. The Morgan fingerprint density at radius 1 is 1.03 bits per heavy atom. The fourth-order valence-corrected chi connectivity index (χ4v) is 4.97. The van der Waals surface area contributed by atoms with Gasteiger partial charge in [0, 0.05) is 44.6 Å². The van der Waals surface area contributed by atoms with E-state index in [-0.39, 0.29) is 0 Å². The van der Waals surface area contributed by atoms with Crippen molar-refractivity contribution in [3.63, 3.8) is 0 Å². The van der Waals surface area contributed by atoms with Crippen molar-refractivity contribution in [3.8, 4) is 11.1 Å². The molecular formula is C26H29N5S. The normalized spacial score (nSPS) is 17.7. The number of benzene rings is 1. The number of pyridine rings is 1. The molecule has 5 nitrogen and oxygen atoms in total. The number of rotatable bonds is 5. The summed E-state index contributed by atoms with van der Waals surface area (Å²) in [6.45, 7) is 9.46. The number of nitrogens with one attached hydrogen (secondary N) is 1. The summed E-state index contributed by atoms with van der Waals surface area (Å²) >= 11 is 1.73. The second-order valence-corrected chi connectivity index (χ2v) is 9.40. The van der Waals surface area contributed by atoms with E-state index in [4.69, 9.17) is 4.98 Å².